The summed E-state index contributed by atoms with van der Waals surface area (Å²) in [6, 6.07) is 0.605. The summed E-state index contributed by atoms with van der Waals surface area (Å²) in [5.74, 6) is 0.539. The van der Waals surface area contributed by atoms with Crippen LogP contribution in [0.25, 0.3) is 0 Å². The van der Waals surface area contributed by atoms with Gasteiger partial charge in [-0.3, -0.25) is 4.79 Å². The number of nitrogens with two attached hydrogens (primary N) is 1. The summed E-state index contributed by atoms with van der Waals surface area (Å²) >= 11 is 0. The molecule has 1 rings (SSSR count). The van der Waals surface area contributed by atoms with Crippen molar-refractivity contribution < 1.29 is 4.79 Å². The fourth-order valence-corrected chi connectivity index (χ4v) is 2.00. The Morgan fingerprint density at radius 2 is 2.15 bits per heavy atom. The van der Waals surface area contributed by atoms with Gasteiger partial charge in [-0.15, -0.1) is 0 Å². The van der Waals surface area contributed by atoms with Crippen LogP contribution in [-0.2, 0) is 4.79 Å². The summed E-state index contributed by atoms with van der Waals surface area (Å²) in [5.41, 5.74) is 5.06. The monoisotopic (exact) mass is 184 g/mol. The highest BCUT2D eigenvalue weighted by molar-refractivity contribution is 5.73. The Labute approximate surface area is 80.1 Å². The molecule has 3 heteroatoms. The minimum Gasteiger partial charge on any atom is -0.370 e. The van der Waals surface area contributed by atoms with Gasteiger partial charge in [-0.25, -0.2) is 0 Å². The van der Waals surface area contributed by atoms with Crippen molar-refractivity contribution in [3.8, 4) is 0 Å². The lowest BCUT2D eigenvalue weighted by Gasteiger charge is -2.29. The number of carbonyl (C=O) groups excluding carboxylic acids is 1. The predicted octanol–water partition coefficient (Wildman–Crippen LogP) is 1.03. The van der Waals surface area contributed by atoms with Crippen molar-refractivity contribution in [2.24, 2.45) is 11.7 Å². The molecule has 1 amide bonds. The minimum atomic E-state index is -0.212. The maximum absolute atomic E-state index is 10.5. The minimum absolute atomic E-state index is 0.212. The molecule has 76 valence electrons. The topological polar surface area (TPSA) is 55.1 Å². The molecule has 3 N–H and O–H groups in total. The summed E-state index contributed by atoms with van der Waals surface area (Å²) in [6.07, 6.45) is 5.70. The molecule has 0 aromatic carbocycles. The van der Waals surface area contributed by atoms with Crippen LogP contribution in [-0.4, -0.2) is 18.5 Å². The van der Waals surface area contributed by atoms with Gasteiger partial charge in [0, 0.05) is 19.0 Å². The van der Waals surface area contributed by atoms with Crippen molar-refractivity contribution in [3.05, 3.63) is 0 Å². The maximum Gasteiger partial charge on any atom is 0.218 e. The quantitative estimate of drug-likeness (QED) is 0.685. The van der Waals surface area contributed by atoms with E-state index in [1.54, 1.807) is 0 Å². The molecule has 0 heterocycles. The number of hydrogen-bond donors (Lipinski definition) is 2. The highest BCUT2D eigenvalue weighted by Crippen LogP contribution is 2.23. The van der Waals surface area contributed by atoms with Gasteiger partial charge < -0.3 is 11.1 Å². The molecule has 0 aliphatic heterocycles. The normalized spacial score (nSPS) is 28.7. The van der Waals surface area contributed by atoms with E-state index in [0.29, 0.717) is 12.5 Å². The second kappa shape index (κ2) is 5.22. The van der Waals surface area contributed by atoms with Gasteiger partial charge in [0.05, 0.1) is 0 Å². The van der Waals surface area contributed by atoms with Crippen LogP contribution in [0.1, 0.15) is 39.0 Å². The smallest absolute Gasteiger partial charge is 0.218 e. The first-order chi connectivity index (χ1) is 6.20. The average Bonchev–Trinajstić information content (AvgIpc) is 2.08. The number of nitrogens with one attached hydrogen (secondary N) is 1. The summed E-state index contributed by atoms with van der Waals surface area (Å²) in [7, 11) is 0. The fraction of sp³-hybridized carbons (Fsp3) is 0.900. The van der Waals surface area contributed by atoms with Crippen LogP contribution in [0.4, 0.5) is 0 Å². The molecule has 1 aliphatic carbocycles. The number of hydrogen-bond acceptors (Lipinski definition) is 2. The maximum atomic E-state index is 10.5. The first-order valence-corrected chi connectivity index (χ1v) is 5.22. The van der Waals surface area contributed by atoms with Crippen molar-refractivity contribution in [1.29, 1.82) is 0 Å². The van der Waals surface area contributed by atoms with Crippen molar-refractivity contribution in [3.63, 3.8) is 0 Å². The zero-order valence-corrected chi connectivity index (χ0v) is 8.38. The lowest BCUT2D eigenvalue weighted by Crippen LogP contribution is -2.38. The lowest BCUT2D eigenvalue weighted by molar-refractivity contribution is -0.117. The first kappa shape index (κ1) is 10.5. The first-order valence-electron chi connectivity index (χ1n) is 5.22. The molecule has 0 aromatic rings. The highest BCUT2D eigenvalue weighted by Gasteiger charge is 2.20. The van der Waals surface area contributed by atoms with Gasteiger partial charge in [0.2, 0.25) is 5.91 Å². The second-order valence-electron chi connectivity index (χ2n) is 4.04. The molecule has 2 atom stereocenters. The van der Waals surface area contributed by atoms with Crippen LogP contribution in [0.3, 0.4) is 0 Å². The van der Waals surface area contributed by atoms with Gasteiger partial charge in [0.25, 0.3) is 0 Å². The highest BCUT2D eigenvalue weighted by atomic mass is 16.1. The molecule has 0 aromatic heterocycles. The summed E-state index contributed by atoms with van der Waals surface area (Å²) in [5, 5.41) is 3.40. The van der Waals surface area contributed by atoms with Crippen LogP contribution >= 0.6 is 0 Å². The van der Waals surface area contributed by atoms with Gasteiger partial charge in [-0.1, -0.05) is 19.8 Å². The summed E-state index contributed by atoms with van der Waals surface area (Å²) in [6.45, 7) is 3.02. The molecule has 0 spiro atoms. The third-order valence-electron chi connectivity index (χ3n) is 2.89. The van der Waals surface area contributed by atoms with Gasteiger partial charge in [-0.05, 0) is 18.8 Å². The predicted molar refractivity (Wildman–Crippen MR) is 53.2 cm³/mol. The Kier molecular flexibility index (Phi) is 4.22. The molecule has 1 fully saturated rings. The molecule has 3 nitrogen and oxygen atoms in total. The number of amides is 1. The zero-order chi connectivity index (χ0) is 9.68. The number of carbonyl (C=O) groups is 1. The van der Waals surface area contributed by atoms with Crippen LogP contribution in [0.15, 0.2) is 0 Å². The van der Waals surface area contributed by atoms with Crippen molar-refractivity contribution in [2.45, 2.75) is 45.1 Å². The Morgan fingerprint density at radius 1 is 1.46 bits per heavy atom. The molecular formula is C10H20N2O. The number of primary amides is 1. The van der Waals surface area contributed by atoms with Gasteiger partial charge in [0.15, 0.2) is 0 Å². The lowest BCUT2D eigenvalue weighted by atomic mass is 9.86. The van der Waals surface area contributed by atoms with Gasteiger partial charge >= 0.3 is 0 Å². The summed E-state index contributed by atoms with van der Waals surface area (Å²) in [4.78, 5) is 10.5. The molecule has 13 heavy (non-hydrogen) atoms. The third kappa shape index (κ3) is 3.77. The van der Waals surface area contributed by atoms with Crippen LogP contribution < -0.4 is 11.1 Å². The Hall–Kier alpha value is -0.570. The Morgan fingerprint density at radius 3 is 2.77 bits per heavy atom. The summed E-state index contributed by atoms with van der Waals surface area (Å²) < 4.78 is 0. The van der Waals surface area contributed by atoms with Crippen LogP contribution in [0, 0.1) is 5.92 Å². The van der Waals surface area contributed by atoms with E-state index in [1.807, 2.05) is 0 Å². The van der Waals surface area contributed by atoms with E-state index in [4.69, 9.17) is 5.73 Å². The Balaban J connectivity index is 2.15. The molecule has 0 radical (unpaired) electrons. The molecule has 1 aliphatic rings. The SMILES string of the molecule is CC1CCCCC1NCCC(N)=O. The van der Waals surface area contributed by atoms with Gasteiger partial charge in [0.1, 0.15) is 0 Å². The number of rotatable bonds is 4. The fourth-order valence-electron chi connectivity index (χ4n) is 2.00. The van der Waals surface area contributed by atoms with Crippen molar-refractivity contribution in [1.82, 2.24) is 5.32 Å². The largest absolute Gasteiger partial charge is 0.370 e. The van der Waals surface area contributed by atoms with E-state index in [9.17, 15) is 4.79 Å². The molecule has 1 saturated carbocycles. The van der Waals surface area contributed by atoms with Crippen molar-refractivity contribution in [2.75, 3.05) is 6.54 Å². The standard InChI is InChI=1S/C10H20N2O/c1-8-4-2-3-5-9(8)12-7-6-10(11)13/h8-9,12H,2-7H2,1H3,(H2,11,13). The van der Waals surface area contributed by atoms with Crippen LogP contribution in [0.2, 0.25) is 0 Å². The van der Waals surface area contributed by atoms with Crippen LogP contribution in [0.5, 0.6) is 0 Å². The van der Waals surface area contributed by atoms with E-state index < -0.39 is 0 Å². The Bertz CT molecular complexity index is 170. The molecular weight excluding hydrogens is 164 g/mol. The van der Waals surface area contributed by atoms with Gasteiger partial charge in [-0.2, -0.15) is 0 Å². The molecule has 0 bridgehead atoms. The zero-order valence-electron chi connectivity index (χ0n) is 8.38. The third-order valence-corrected chi connectivity index (χ3v) is 2.89. The van der Waals surface area contributed by atoms with E-state index >= 15 is 0 Å². The van der Waals surface area contributed by atoms with E-state index in [0.717, 1.165) is 12.5 Å². The van der Waals surface area contributed by atoms with E-state index in [1.165, 1.54) is 25.7 Å². The molecule has 2 unspecified atom stereocenters. The van der Waals surface area contributed by atoms with E-state index in [-0.39, 0.29) is 5.91 Å². The van der Waals surface area contributed by atoms with Crippen molar-refractivity contribution >= 4 is 5.91 Å². The average molecular weight is 184 g/mol. The molecule has 0 saturated heterocycles. The second-order valence-corrected chi connectivity index (χ2v) is 4.04. The van der Waals surface area contributed by atoms with E-state index in [2.05, 4.69) is 12.2 Å².